The van der Waals surface area contributed by atoms with Gasteiger partial charge in [0.2, 0.25) is 0 Å². The monoisotopic (exact) mass is 417 g/mol. The standard InChI is InChI=1S/C20H20BrNO4/c1-13-9-14(2)11-16(10-13)25-8-4-3-7-22-18-6-5-15(21)12-17(18)19(23)26-20(22)24/h5-6,9-12H,3-4,7-8H2,1-2H3. The van der Waals surface area contributed by atoms with Gasteiger partial charge in [0.1, 0.15) is 5.75 Å². The van der Waals surface area contributed by atoms with Crippen LogP contribution in [-0.4, -0.2) is 11.2 Å². The molecule has 6 heteroatoms. The van der Waals surface area contributed by atoms with Crippen molar-refractivity contribution in [2.24, 2.45) is 0 Å². The molecule has 0 spiro atoms. The molecule has 26 heavy (non-hydrogen) atoms. The van der Waals surface area contributed by atoms with E-state index in [1.54, 1.807) is 18.2 Å². The largest absolute Gasteiger partial charge is 0.494 e. The van der Waals surface area contributed by atoms with Crippen molar-refractivity contribution in [2.45, 2.75) is 33.2 Å². The highest BCUT2D eigenvalue weighted by atomic mass is 79.9. The van der Waals surface area contributed by atoms with Crippen LogP contribution in [0.15, 0.2) is 54.9 Å². The molecule has 3 rings (SSSR count). The lowest BCUT2D eigenvalue weighted by atomic mass is 10.1. The third-order valence-electron chi connectivity index (χ3n) is 4.11. The van der Waals surface area contributed by atoms with Crippen molar-refractivity contribution < 1.29 is 9.15 Å². The number of hydrogen-bond acceptors (Lipinski definition) is 4. The first-order valence-corrected chi connectivity index (χ1v) is 9.27. The van der Waals surface area contributed by atoms with Crippen LogP contribution in [0.3, 0.4) is 0 Å². The summed E-state index contributed by atoms with van der Waals surface area (Å²) in [5.41, 5.74) is 2.32. The molecule has 0 saturated carbocycles. The van der Waals surface area contributed by atoms with E-state index in [1.807, 2.05) is 26.0 Å². The quantitative estimate of drug-likeness (QED) is 0.564. The fourth-order valence-corrected chi connectivity index (χ4v) is 3.35. The number of nitrogens with zero attached hydrogens (tertiary/aromatic N) is 1. The van der Waals surface area contributed by atoms with Crippen LogP contribution >= 0.6 is 15.9 Å². The van der Waals surface area contributed by atoms with E-state index in [4.69, 9.17) is 9.15 Å². The van der Waals surface area contributed by atoms with E-state index in [0.717, 1.165) is 23.1 Å². The van der Waals surface area contributed by atoms with Crippen molar-refractivity contribution in [3.63, 3.8) is 0 Å². The smallest absolute Gasteiger partial charge is 0.422 e. The molecule has 0 bridgehead atoms. The zero-order valence-electron chi connectivity index (χ0n) is 14.8. The van der Waals surface area contributed by atoms with Gasteiger partial charge in [-0.25, -0.2) is 9.59 Å². The van der Waals surface area contributed by atoms with E-state index in [1.165, 1.54) is 15.7 Å². The number of ether oxygens (including phenoxy) is 1. The third kappa shape index (κ3) is 4.25. The maximum Gasteiger partial charge on any atom is 0.422 e. The third-order valence-corrected chi connectivity index (χ3v) is 4.60. The Bertz CT molecular complexity index is 1030. The molecule has 0 fully saturated rings. The summed E-state index contributed by atoms with van der Waals surface area (Å²) < 4.78 is 12.9. The first-order chi connectivity index (χ1) is 12.4. The Balaban J connectivity index is 1.65. The zero-order chi connectivity index (χ0) is 18.7. The van der Waals surface area contributed by atoms with Gasteiger partial charge in [-0.1, -0.05) is 22.0 Å². The Morgan fingerprint density at radius 3 is 2.50 bits per heavy atom. The predicted molar refractivity (Wildman–Crippen MR) is 105 cm³/mol. The van der Waals surface area contributed by atoms with Crippen LogP contribution in [0.1, 0.15) is 24.0 Å². The number of benzene rings is 2. The lowest BCUT2D eigenvalue weighted by Crippen LogP contribution is -2.25. The molecule has 0 aliphatic rings. The Kier molecular flexibility index (Phi) is 5.61. The van der Waals surface area contributed by atoms with Crippen molar-refractivity contribution in [1.29, 1.82) is 0 Å². The van der Waals surface area contributed by atoms with Crippen molar-refractivity contribution in [2.75, 3.05) is 6.61 Å². The summed E-state index contributed by atoms with van der Waals surface area (Å²) in [6, 6.07) is 11.3. The molecule has 136 valence electrons. The molecule has 0 atom stereocenters. The van der Waals surface area contributed by atoms with Gasteiger partial charge in [0.15, 0.2) is 0 Å². The number of aromatic nitrogens is 1. The SMILES string of the molecule is Cc1cc(C)cc(OCCCCn2c(=O)oc(=O)c3cc(Br)ccc32)c1. The summed E-state index contributed by atoms with van der Waals surface area (Å²) in [4.78, 5) is 23.9. The summed E-state index contributed by atoms with van der Waals surface area (Å²) in [6.07, 6.45) is 1.53. The van der Waals surface area contributed by atoms with Gasteiger partial charge in [0, 0.05) is 11.0 Å². The first kappa shape index (κ1) is 18.5. The number of fused-ring (bicyclic) bond motifs is 1. The highest BCUT2D eigenvalue weighted by Gasteiger charge is 2.09. The minimum Gasteiger partial charge on any atom is -0.494 e. The van der Waals surface area contributed by atoms with Gasteiger partial charge in [-0.2, -0.15) is 0 Å². The Morgan fingerprint density at radius 2 is 1.77 bits per heavy atom. The molecule has 0 N–H and O–H groups in total. The van der Waals surface area contributed by atoms with Crippen LogP contribution in [0.2, 0.25) is 0 Å². The summed E-state index contributed by atoms with van der Waals surface area (Å²) in [6.45, 7) is 5.12. The fraction of sp³-hybridized carbons (Fsp3) is 0.300. The number of unbranched alkanes of at least 4 members (excludes halogenated alkanes) is 1. The molecule has 0 saturated heterocycles. The molecular weight excluding hydrogens is 398 g/mol. The van der Waals surface area contributed by atoms with Crippen molar-refractivity contribution in [3.8, 4) is 5.75 Å². The fourth-order valence-electron chi connectivity index (χ4n) is 2.98. The molecular formula is C20H20BrNO4. The Labute approximate surface area is 159 Å². The van der Waals surface area contributed by atoms with E-state index >= 15 is 0 Å². The molecule has 0 aliphatic carbocycles. The van der Waals surface area contributed by atoms with Crippen LogP contribution in [0, 0.1) is 13.8 Å². The van der Waals surface area contributed by atoms with Gasteiger partial charge in [-0.05, 0) is 68.1 Å². The second-order valence-corrected chi connectivity index (χ2v) is 7.26. The molecule has 0 amide bonds. The molecule has 0 radical (unpaired) electrons. The van der Waals surface area contributed by atoms with E-state index in [0.29, 0.717) is 24.1 Å². The number of rotatable bonds is 6. The number of aryl methyl sites for hydroxylation is 3. The zero-order valence-corrected chi connectivity index (χ0v) is 16.3. The van der Waals surface area contributed by atoms with Gasteiger partial charge in [0.05, 0.1) is 17.5 Å². The molecule has 0 aliphatic heterocycles. The maximum absolute atomic E-state index is 12.1. The van der Waals surface area contributed by atoms with Gasteiger partial charge in [-0.15, -0.1) is 0 Å². The van der Waals surface area contributed by atoms with Crippen LogP contribution < -0.4 is 16.1 Å². The topological polar surface area (TPSA) is 61.4 Å². The minimum atomic E-state index is -0.625. The molecule has 2 aromatic carbocycles. The highest BCUT2D eigenvalue weighted by Crippen LogP contribution is 2.18. The Morgan fingerprint density at radius 1 is 1.04 bits per heavy atom. The second-order valence-electron chi connectivity index (χ2n) is 6.35. The van der Waals surface area contributed by atoms with Gasteiger partial charge >= 0.3 is 11.4 Å². The van der Waals surface area contributed by atoms with Gasteiger partial charge < -0.3 is 9.15 Å². The first-order valence-electron chi connectivity index (χ1n) is 8.48. The summed E-state index contributed by atoms with van der Waals surface area (Å²) in [5, 5.41) is 0.394. The summed E-state index contributed by atoms with van der Waals surface area (Å²) in [7, 11) is 0. The average molecular weight is 418 g/mol. The average Bonchev–Trinajstić information content (AvgIpc) is 2.56. The lowest BCUT2D eigenvalue weighted by molar-refractivity contribution is 0.300. The molecule has 0 unspecified atom stereocenters. The molecule has 5 nitrogen and oxygen atoms in total. The highest BCUT2D eigenvalue weighted by molar-refractivity contribution is 9.10. The molecule has 3 aromatic rings. The minimum absolute atomic E-state index is 0.394. The Hall–Kier alpha value is -2.34. The normalized spacial score (nSPS) is 11.0. The van der Waals surface area contributed by atoms with Crippen LogP contribution in [0.4, 0.5) is 0 Å². The second kappa shape index (κ2) is 7.91. The van der Waals surface area contributed by atoms with Crippen molar-refractivity contribution in [3.05, 3.63) is 73.0 Å². The van der Waals surface area contributed by atoms with E-state index in [2.05, 4.69) is 22.0 Å². The number of hydrogen-bond donors (Lipinski definition) is 0. The van der Waals surface area contributed by atoms with Gasteiger partial charge in [-0.3, -0.25) is 4.57 Å². The maximum atomic E-state index is 12.1. The van der Waals surface area contributed by atoms with Crippen LogP contribution in [-0.2, 0) is 6.54 Å². The van der Waals surface area contributed by atoms with Crippen LogP contribution in [0.25, 0.3) is 10.9 Å². The molecule has 1 heterocycles. The summed E-state index contributed by atoms with van der Waals surface area (Å²) >= 11 is 3.33. The summed E-state index contributed by atoms with van der Waals surface area (Å²) in [5.74, 6) is 0.237. The van der Waals surface area contributed by atoms with E-state index < -0.39 is 11.4 Å². The van der Waals surface area contributed by atoms with Gasteiger partial charge in [0.25, 0.3) is 0 Å². The van der Waals surface area contributed by atoms with E-state index in [9.17, 15) is 9.59 Å². The van der Waals surface area contributed by atoms with Crippen molar-refractivity contribution >= 4 is 26.8 Å². The predicted octanol–water partition coefficient (Wildman–Crippen LogP) is 4.19. The van der Waals surface area contributed by atoms with Crippen molar-refractivity contribution in [1.82, 2.24) is 4.57 Å². The lowest BCUT2D eigenvalue weighted by Gasteiger charge is -2.10. The number of halogens is 1. The van der Waals surface area contributed by atoms with E-state index in [-0.39, 0.29) is 0 Å². The molecule has 1 aromatic heterocycles. The van der Waals surface area contributed by atoms with Crippen LogP contribution in [0.5, 0.6) is 5.75 Å².